The molecule has 154 valence electrons. The van der Waals surface area contributed by atoms with E-state index in [1.807, 2.05) is 74.5 Å². The van der Waals surface area contributed by atoms with Gasteiger partial charge in [0.2, 0.25) is 0 Å². The molecule has 0 unspecified atom stereocenters. The van der Waals surface area contributed by atoms with Gasteiger partial charge in [0.15, 0.2) is 11.5 Å². The summed E-state index contributed by atoms with van der Waals surface area (Å²) >= 11 is 2.22. The number of halogens is 1. The van der Waals surface area contributed by atoms with Crippen molar-refractivity contribution in [1.29, 1.82) is 0 Å². The van der Waals surface area contributed by atoms with Gasteiger partial charge in [-0.1, -0.05) is 48.0 Å². The number of rotatable bonds is 8. The number of nitrogens with one attached hydrogen (secondary N) is 1. The largest absolute Gasteiger partial charge is 0.490 e. The van der Waals surface area contributed by atoms with Gasteiger partial charge >= 0.3 is 0 Å². The lowest BCUT2D eigenvalue weighted by atomic mass is 10.1. The van der Waals surface area contributed by atoms with Crippen LogP contribution in [0.3, 0.4) is 0 Å². The van der Waals surface area contributed by atoms with E-state index >= 15 is 0 Å². The van der Waals surface area contributed by atoms with Crippen LogP contribution in [0.4, 0.5) is 0 Å². The molecule has 0 aliphatic rings. The molecule has 0 saturated heterocycles. The van der Waals surface area contributed by atoms with Crippen molar-refractivity contribution in [3.63, 3.8) is 0 Å². The third-order valence-corrected chi connectivity index (χ3v) is 5.02. The average Bonchev–Trinajstić information content (AvgIpc) is 2.74. The number of hydrazone groups is 1. The Morgan fingerprint density at radius 3 is 2.60 bits per heavy atom. The maximum Gasteiger partial charge on any atom is 0.271 e. The molecule has 0 aliphatic carbocycles. The Morgan fingerprint density at radius 1 is 1.07 bits per heavy atom. The van der Waals surface area contributed by atoms with Gasteiger partial charge in [-0.15, -0.1) is 0 Å². The fourth-order valence-corrected chi connectivity index (χ4v) is 3.59. The Morgan fingerprint density at radius 2 is 1.87 bits per heavy atom. The highest BCUT2D eigenvalue weighted by molar-refractivity contribution is 14.1. The van der Waals surface area contributed by atoms with Crippen LogP contribution < -0.4 is 14.9 Å². The van der Waals surface area contributed by atoms with E-state index in [4.69, 9.17) is 9.47 Å². The zero-order valence-corrected chi connectivity index (χ0v) is 19.0. The number of amides is 1. The minimum Gasteiger partial charge on any atom is -0.490 e. The van der Waals surface area contributed by atoms with Crippen molar-refractivity contribution >= 4 is 34.7 Å². The number of hydrogen-bond donors (Lipinski definition) is 1. The first kappa shape index (κ1) is 21.8. The van der Waals surface area contributed by atoms with Gasteiger partial charge in [-0.05, 0) is 71.8 Å². The molecule has 3 aromatic rings. The smallest absolute Gasteiger partial charge is 0.271 e. The normalized spacial score (nSPS) is 10.8. The van der Waals surface area contributed by atoms with Crippen LogP contribution in [0.15, 0.2) is 71.8 Å². The molecule has 3 rings (SSSR count). The summed E-state index contributed by atoms with van der Waals surface area (Å²) in [6, 6.07) is 21.1. The minimum absolute atomic E-state index is 0.252. The number of carbonyl (C=O) groups excluding carboxylic acids is 1. The molecule has 0 atom stereocenters. The van der Waals surface area contributed by atoms with Crippen LogP contribution in [-0.4, -0.2) is 18.7 Å². The van der Waals surface area contributed by atoms with Gasteiger partial charge in [0.25, 0.3) is 5.91 Å². The van der Waals surface area contributed by atoms with Crippen molar-refractivity contribution in [3.8, 4) is 11.5 Å². The van der Waals surface area contributed by atoms with Crippen LogP contribution in [0.5, 0.6) is 11.5 Å². The fraction of sp³-hybridized carbons (Fsp3) is 0.167. The summed E-state index contributed by atoms with van der Waals surface area (Å²) in [4.78, 5) is 12.2. The summed E-state index contributed by atoms with van der Waals surface area (Å²) in [7, 11) is 0. The van der Waals surface area contributed by atoms with Gasteiger partial charge in [0, 0.05) is 5.56 Å². The van der Waals surface area contributed by atoms with E-state index in [9.17, 15) is 4.79 Å². The Kier molecular flexibility index (Phi) is 7.84. The highest BCUT2D eigenvalue weighted by Gasteiger charge is 2.12. The quantitative estimate of drug-likeness (QED) is 0.251. The first-order chi connectivity index (χ1) is 14.6. The molecule has 0 bridgehead atoms. The van der Waals surface area contributed by atoms with Gasteiger partial charge < -0.3 is 9.47 Å². The molecular weight excluding hydrogens is 491 g/mol. The molecule has 30 heavy (non-hydrogen) atoms. The highest BCUT2D eigenvalue weighted by atomic mass is 127. The standard InChI is InChI=1S/C24H23IN2O3/c1-3-29-22-14-19(15-26-27-24(28)20-11-7-8-17(2)12-20)13-21(25)23(22)30-16-18-9-5-4-6-10-18/h4-15H,3,16H2,1-2H3,(H,27,28)/b26-15+. The number of carbonyl (C=O) groups is 1. The van der Waals surface area contributed by atoms with E-state index in [0.29, 0.717) is 30.3 Å². The van der Waals surface area contributed by atoms with Gasteiger partial charge in [-0.2, -0.15) is 5.10 Å². The molecule has 0 saturated carbocycles. The number of ether oxygens (including phenoxy) is 2. The second kappa shape index (κ2) is 10.8. The van der Waals surface area contributed by atoms with Gasteiger partial charge in [0.05, 0.1) is 16.4 Å². The predicted octanol–water partition coefficient (Wildman–Crippen LogP) is 5.34. The third-order valence-electron chi connectivity index (χ3n) is 4.22. The zero-order chi connectivity index (χ0) is 21.3. The highest BCUT2D eigenvalue weighted by Crippen LogP contribution is 2.34. The summed E-state index contributed by atoms with van der Waals surface area (Å²) in [5.74, 6) is 1.09. The number of hydrogen-bond acceptors (Lipinski definition) is 4. The van der Waals surface area contributed by atoms with Crippen LogP contribution in [0, 0.1) is 10.5 Å². The average molecular weight is 514 g/mol. The molecule has 0 fully saturated rings. The second-order valence-corrected chi connectivity index (χ2v) is 7.77. The molecule has 3 aromatic carbocycles. The summed E-state index contributed by atoms with van der Waals surface area (Å²) in [6.45, 7) is 4.84. The maximum absolute atomic E-state index is 12.2. The van der Waals surface area contributed by atoms with E-state index in [2.05, 4.69) is 33.1 Å². The maximum atomic E-state index is 12.2. The monoisotopic (exact) mass is 514 g/mol. The van der Waals surface area contributed by atoms with Gasteiger partial charge in [-0.25, -0.2) is 5.43 Å². The number of aryl methyl sites for hydroxylation is 1. The molecule has 0 aromatic heterocycles. The van der Waals surface area contributed by atoms with Crippen molar-refractivity contribution in [2.24, 2.45) is 5.10 Å². The van der Waals surface area contributed by atoms with Gasteiger partial charge in [0.1, 0.15) is 6.61 Å². The molecule has 0 heterocycles. The lowest BCUT2D eigenvalue weighted by Crippen LogP contribution is -2.17. The fourth-order valence-electron chi connectivity index (χ4n) is 2.81. The molecule has 5 nitrogen and oxygen atoms in total. The van der Waals surface area contributed by atoms with E-state index in [-0.39, 0.29) is 5.91 Å². The Labute approximate surface area is 190 Å². The molecule has 0 aliphatic heterocycles. The summed E-state index contributed by atoms with van der Waals surface area (Å²) in [5.41, 5.74) is 6.04. The molecular formula is C24H23IN2O3. The lowest BCUT2D eigenvalue weighted by molar-refractivity contribution is 0.0955. The van der Waals surface area contributed by atoms with Gasteiger partial charge in [-0.3, -0.25) is 4.79 Å². The van der Waals surface area contributed by atoms with Crippen molar-refractivity contribution < 1.29 is 14.3 Å². The second-order valence-electron chi connectivity index (χ2n) is 6.61. The number of benzene rings is 3. The van der Waals surface area contributed by atoms with Crippen LogP contribution in [0.1, 0.15) is 34.0 Å². The summed E-state index contributed by atoms with van der Waals surface area (Å²) in [5, 5.41) is 4.09. The van der Waals surface area contributed by atoms with E-state index < -0.39 is 0 Å². The topological polar surface area (TPSA) is 59.9 Å². The van der Waals surface area contributed by atoms with Crippen molar-refractivity contribution in [2.75, 3.05) is 6.61 Å². The molecule has 0 radical (unpaired) electrons. The number of nitrogens with zero attached hydrogens (tertiary/aromatic N) is 1. The molecule has 1 amide bonds. The predicted molar refractivity (Wildman–Crippen MR) is 127 cm³/mol. The van der Waals surface area contributed by atoms with Crippen molar-refractivity contribution in [2.45, 2.75) is 20.5 Å². The first-order valence-corrected chi connectivity index (χ1v) is 10.7. The Hall–Kier alpha value is -2.87. The van der Waals surface area contributed by atoms with Crippen LogP contribution in [0.25, 0.3) is 0 Å². The summed E-state index contributed by atoms with van der Waals surface area (Å²) < 4.78 is 12.7. The lowest BCUT2D eigenvalue weighted by Gasteiger charge is -2.14. The van der Waals surface area contributed by atoms with Crippen LogP contribution in [-0.2, 0) is 6.61 Å². The minimum atomic E-state index is -0.252. The zero-order valence-electron chi connectivity index (χ0n) is 16.9. The summed E-state index contributed by atoms with van der Waals surface area (Å²) in [6.07, 6.45) is 1.60. The van der Waals surface area contributed by atoms with E-state index in [1.54, 1.807) is 12.3 Å². The Balaban J connectivity index is 1.72. The van der Waals surface area contributed by atoms with E-state index in [0.717, 1.165) is 20.3 Å². The molecule has 1 N–H and O–H groups in total. The first-order valence-electron chi connectivity index (χ1n) is 9.60. The van der Waals surface area contributed by atoms with Crippen LogP contribution >= 0.6 is 22.6 Å². The van der Waals surface area contributed by atoms with E-state index in [1.165, 1.54) is 0 Å². The molecule has 0 spiro atoms. The molecule has 6 heteroatoms. The van der Waals surface area contributed by atoms with Crippen LogP contribution in [0.2, 0.25) is 0 Å². The van der Waals surface area contributed by atoms with Crippen molar-refractivity contribution in [1.82, 2.24) is 5.43 Å². The SMILES string of the molecule is CCOc1cc(/C=N/NC(=O)c2cccc(C)c2)cc(I)c1OCc1ccccc1. The van der Waals surface area contributed by atoms with Crippen molar-refractivity contribution in [3.05, 3.63) is 92.6 Å². The Bertz CT molecular complexity index is 1040. The third kappa shape index (κ3) is 6.06.